The molecule has 1 aliphatic carbocycles. The molecule has 0 aromatic carbocycles. The minimum atomic E-state index is 0.563. The summed E-state index contributed by atoms with van der Waals surface area (Å²) in [5, 5.41) is 3.42. The van der Waals surface area contributed by atoms with Crippen molar-refractivity contribution in [1.82, 2.24) is 15.3 Å². The van der Waals surface area contributed by atoms with Crippen LogP contribution in [0.5, 0.6) is 11.8 Å². The molecule has 0 radical (unpaired) electrons. The molecule has 1 aromatic heterocycles. The van der Waals surface area contributed by atoms with Gasteiger partial charge in [0.15, 0.2) is 0 Å². The lowest BCUT2D eigenvalue weighted by molar-refractivity contribution is 0.360. The van der Waals surface area contributed by atoms with E-state index in [1.165, 1.54) is 25.7 Å². The number of piperidine rings is 1. The van der Waals surface area contributed by atoms with E-state index in [-0.39, 0.29) is 0 Å². The average molecular weight is 292 g/mol. The first kappa shape index (κ1) is 14.4. The minimum absolute atomic E-state index is 0.563. The van der Waals surface area contributed by atoms with Gasteiger partial charge in [0.05, 0.1) is 20.3 Å². The fraction of sp³-hybridized carbons (Fsp3) is 0.733. The van der Waals surface area contributed by atoms with Crippen LogP contribution >= 0.6 is 0 Å². The topological polar surface area (TPSA) is 59.5 Å². The van der Waals surface area contributed by atoms with Crippen LogP contribution in [0.4, 0.5) is 5.95 Å². The third-order valence-corrected chi connectivity index (χ3v) is 4.24. The van der Waals surface area contributed by atoms with Gasteiger partial charge in [-0.15, -0.1) is 0 Å². The molecule has 0 atom stereocenters. The summed E-state index contributed by atoms with van der Waals surface area (Å²) in [6, 6.07) is 2.30. The second kappa shape index (κ2) is 6.47. The van der Waals surface area contributed by atoms with Gasteiger partial charge in [0.1, 0.15) is 0 Å². The first-order valence-corrected chi connectivity index (χ1v) is 7.74. The van der Waals surface area contributed by atoms with Crippen LogP contribution in [-0.2, 0) is 0 Å². The van der Waals surface area contributed by atoms with E-state index in [9.17, 15) is 0 Å². The Kier molecular flexibility index (Phi) is 4.43. The highest BCUT2D eigenvalue weighted by Crippen LogP contribution is 2.33. The van der Waals surface area contributed by atoms with E-state index in [1.54, 1.807) is 20.3 Å². The molecule has 0 bridgehead atoms. The summed E-state index contributed by atoms with van der Waals surface area (Å²) in [6.45, 7) is 3.26. The molecule has 2 aliphatic rings. The maximum absolute atomic E-state index is 5.27. The molecular formula is C15H24N4O2. The highest BCUT2D eigenvalue weighted by molar-refractivity contribution is 5.39. The Morgan fingerprint density at radius 2 is 1.71 bits per heavy atom. The van der Waals surface area contributed by atoms with Gasteiger partial charge in [-0.25, -0.2) is 0 Å². The van der Waals surface area contributed by atoms with Gasteiger partial charge in [0, 0.05) is 12.6 Å². The van der Waals surface area contributed by atoms with Gasteiger partial charge in [-0.05, 0) is 44.7 Å². The highest BCUT2D eigenvalue weighted by atomic mass is 16.5. The molecule has 2 fully saturated rings. The second-order valence-corrected chi connectivity index (χ2v) is 5.83. The van der Waals surface area contributed by atoms with E-state index in [0.717, 1.165) is 25.6 Å². The molecule has 1 N–H and O–H groups in total. The maximum Gasteiger partial charge on any atom is 0.232 e. The van der Waals surface area contributed by atoms with Crippen molar-refractivity contribution in [2.24, 2.45) is 5.92 Å². The smallest absolute Gasteiger partial charge is 0.232 e. The lowest BCUT2D eigenvalue weighted by Gasteiger charge is -2.30. The zero-order valence-electron chi connectivity index (χ0n) is 12.8. The highest BCUT2D eigenvalue weighted by Gasteiger charge is 2.33. The number of aromatic nitrogens is 2. The zero-order valence-corrected chi connectivity index (χ0v) is 12.8. The van der Waals surface area contributed by atoms with Crippen LogP contribution in [0.15, 0.2) is 6.07 Å². The first-order valence-electron chi connectivity index (χ1n) is 7.74. The molecule has 6 nitrogen and oxygen atoms in total. The Balaban J connectivity index is 1.79. The molecular weight excluding hydrogens is 268 g/mol. The molecule has 116 valence electrons. The molecule has 21 heavy (non-hydrogen) atoms. The average Bonchev–Trinajstić information content (AvgIpc) is 3.37. The summed E-state index contributed by atoms with van der Waals surface area (Å²) in [5.74, 6) is 2.58. The van der Waals surface area contributed by atoms with Crippen LogP contribution in [0.1, 0.15) is 25.7 Å². The first-order chi connectivity index (χ1) is 10.3. The van der Waals surface area contributed by atoms with Crippen molar-refractivity contribution in [3.05, 3.63) is 6.07 Å². The van der Waals surface area contributed by atoms with Crippen LogP contribution < -0.4 is 19.7 Å². The molecule has 1 aromatic rings. The number of methoxy groups -OCH3 is 2. The fourth-order valence-electron chi connectivity index (χ4n) is 2.85. The van der Waals surface area contributed by atoms with E-state index < -0.39 is 0 Å². The summed E-state index contributed by atoms with van der Waals surface area (Å²) >= 11 is 0. The summed E-state index contributed by atoms with van der Waals surface area (Å²) in [6.07, 6.45) is 4.91. The van der Waals surface area contributed by atoms with Crippen molar-refractivity contribution >= 4 is 5.95 Å². The Bertz CT molecular complexity index is 450. The summed E-state index contributed by atoms with van der Waals surface area (Å²) < 4.78 is 10.5. The Morgan fingerprint density at radius 3 is 2.24 bits per heavy atom. The van der Waals surface area contributed by atoms with Crippen molar-refractivity contribution in [3.63, 3.8) is 0 Å². The predicted molar refractivity (Wildman–Crippen MR) is 81.1 cm³/mol. The van der Waals surface area contributed by atoms with Gasteiger partial charge in [0.2, 0.25) is 17.7 Å². The van der Waals surface area contributed by atoms with E-state index in [1.807, 2.05) is 0 Å². The number of nitrogens with one attached hydrogen (secondary N) is 1. The number of nitrogens with zero attached hydrogens (tertiary/aromatic N) is 3. The Morgan fingerprint density at radius 1 is 1.10 bits per heavy atom. The van der Waals surface area contributed by atoms with Crippen molar-refractivity contribution < 1.29 is 9.47 Å². The third-order valence-electron chi connectivity index (χ3n) is 4.24. The van der Waals surface area contributed by atoms with Gasteiger partial charge < -0.3 is 19.7 Å². The lowest BCUT2D eigenvalue weighted by atomic mass is 9.97. The summed E-state index contributed by atoms with van der Waals surface area (Å²) in [4.78, 5) is 11.4. The number of rotatable bonds is 6. The summed E-state index contributed by atoms with van der Waals surface area (Å²) in [7, 11) is 3.25. The fourth-order valence-corrected chi connectivity index (χ4v) is 2.85. The van der Waals surface area contributed by atoms with Gasteiger partial charge >= 0.3 is 0 Å². The van der Waals surface area contributed by atoms with E-state index in [4.69, 9.17) is 9.47 Å². The van der Waals surface area contributed by atoms with Crippen molar-refractivity contribution in [1.29, 1.82) is 0 Å². The Labute approximate surface area is 125 Å². The van der Waals surface area contributed by atoms with Crippen molar-refractivity contribution in [2.75, 3.05) is 38.8 Å². The third kappa shape index (κ3) is 3.56. The summed E-state index contributed by atoms with van der Waals surface area (Å²) in [5.41, 5.74) is 0. The normalized spacial score (nSPS) is 19.3. The SMILES string of the molecule is COc1cc(OC)nc(N(CC2CCNCC2)C2CC2)n1. The molecule has 6 heteroatoms. The van der Waals surface area contributed by atoms with E-state index in [0.29, 0.717) is 23.7 Å². The molecule has 0 amide bonds. The van der Waals surface area contributed by atoms with Gasteiger partial charge in [-0.2, -0.15) is 9.97 Å². The number of hydrogen-bond acceptors (Lipinski definition) is 6. The van der Waals surface area contributed by atoms with E-state index in [2.05, 4.69) is 20.2 Å². The number of anilines is 1. The maximum atomic E-state index is 5.27. The van der Waals surface area contributed by atoms with Crippen LogP contribution in [-0.4, -0.2) is 49.9 Å². The van der Waals surface area contributed by atoms with Gasteiger partial charge in [0.25, 0.3) is 0 Å². The quantitative estimate of drug-likeness (QED) is 0.856. The van der Waals surface area contributed by atoms with Gasteiger partial charge in [-0.1, -0.05) is 0 Å². The van der Waals surface area contributed by atoms with Crippen LogP contribution in [0.2, 0.25) is 0 Å². The zero-order chi connectivity index (χ0) is 14.7. The number of hydrogen-bond donors (Lipinski definition) is 1. The largest absolute Gasteiger partial charge is 0.481 e. The predicted octanol–water partition coefficient (Wildman–Crippen LogP) is 1.46. The minimum Gasteiger partial charge on any atom is -0.481 e. The molecule has 3 rings (SSSR count). The van der Waals surface area contributed by atoms with E-state index >= 15 is 0 Å². The molecule has 0 unspecified atom stereocenters. The van der Waals surface area contributed by atoms with Gasteiger partial charge in [-0.3, -0.25) is 0 Å². The molecule has 2 heterocycles. The van der Waals surface area contributed by atoms with Crippen LogP contribution in [0.3, 0.4) is 0 Å². The monoisotopic (exact) mass is 292 g/mol. The standard InChI is InChI=1S/C15H24N4O2/c1-20-13-9-14(21-2)18-15(17-13)19(12-3-4-12)10-11-5-7-16-8-6-11/h9,11-12,16H,3-8,10H2,1-2H3. The lowest BCUT2D eigenvalue weighted by Crippen LogP contribution is -2.38. The molecule has 1 aliphatic heterocycles. The molecule has 1 saturated heterocycles. The van der Waals surface area contributed by atoms with Crippen molar-refractivity contribution in [3.8, 4) is 11.8 Å². The second-order valence-electron chi connectivity index (χ2n) is 5.83. The van der Waals surface area contributed by atoms with Crippen LogP contribution in [0.25, 0.3) is 0 Å². The molecule has 0 spiro atoms. The van der Waals surface area contributed by atoms with Crippen LogP contribution in [0, 0.1) is 5.92 Å². The Hall–Kier alpha value is -1.56. The van der Waals surface area contributed by atoms with Crippen molar-refractivity contribution in [2.45, 2.75) is 31.7 Å². The molecule has 1 saturated carbocycles. The number of ether oxygens (including phenoxy) is 2.